The van der Waals surface area contributed by atoms with E-state index in [-0.39, 0.29) is 6.61 Å². The molecule has 1 aliphatic heterocycles. The van der Waals surface area contributed by atoms with Gasteiger partial charge in [-0.05, 0) is 49.1 Å². The molecule has 0 unspecified atom stereocenters. The molecule has 7 heteroatoms. The summed E-state index contributed by atoms with van der Waals surface area (Å²) in [6.45, 7) is 3.98. The summed E-state index contributed by atoms with van der Waals surface area (Å²) in [5.74, 6) is 0.570. The summed E-state index contributed by atoms with van der Waals surface area (Å²) in [6.07, 6.45) is 8.00. The van der Waals surface area contributed by atoms with Crippen molar-refractivity contribution < 1.29 is 5.11 Å². The van der Waals surface area contributed by atoms with Crippen molar-refractivity contribution in [2.45, 2.75) is 32.5 Å². The second-order valence-corrected chi connectivity index (χ2v) is 6.95. The fourth-order valence-electron chi connectivity index (χ4n) is 3.64. The average Bonchev–Trinajstić information content (AvgIpc) is 3.34. The van der Waals surface area contributed by atoms with E-state index in [0.29, 0.717) is 11.6 Å². The molecule has 26 heavy (non-hydrogen) atoms. The molecule has 0 saturated carbocycles. The third-order valence-electron chi connectivity index (χ3n) is 4.91. The van der Waals surface area contributed by atoms with Crippen LogP contribution in [0, 0.1) is 5.92 Å². The molecule has 136 valence electrons. The number of benzene rings is 1. The van der Waals surface area contributed by atoms with E-state index in [9.17, 15) is 0 Å². The average molecular weight is 352 g/mol. The predicted octanol–water partition coefficient (Wildman–Crippen LogP) is 1.87. The molecule has 1 N–H and O–H groups in total. The molecule has 4 rings (SSSR count). The highest BCUT2D eigenvalue weighted by atomic mass is 16.3. The molecule has 1 aliphatic rings. The van der Waals surface area contributed by atoms with E-state index in [1.165, 1.54) is 18.4 Å². The Morgan fingerprint density at radius 2 is 2.08 bits per heavy atom. The molecule has 0 spiro atoms. The molecule has 0 amide bonds. The van der Waals surface area contributed by atoms with Gasteiger partial charge in [-0.25, -0.2) is 4.68 Å². The van der Waals surface area contributed by atoms with E-state index in [1.54, 1.807) is 6.20 Å². The second kappa shape index (κ2) is 7.80. The van der Waals surface area contributed by atoms with Crippen molar-refractivity contribution >= 4 is 0 Å². The van der Waals surface area contributed by atoms with Crippen molar-refractivity contribution in [1.82, 2.24) is 29.7 Å². The number of aromatic nitrogens is 5. The summed E-state index contributed by atoms with van der Waals surface area (Å²) >= 11 is 0. The maximum atomic E-state index is 9.11. The number of aliphatic hydroxyl groups is 1. The first-order chi connectivity index (χ1) is 12.8. The van der Waals surface area contributed by atoms with E-state index >= 15 is 0 Å². The number of nitrogens with zero attached hydrogens (tertiary/aromatic N) is 6. The fourth-order valence-corrected chi connectivity index (χ4v) is 3.64. The number of aliphatic hydroxyl groups excluding tert-OH is 1. The normalized spacial score (nSPS) is 18.3. The lowest BCUT2D eigenvalue weighted by molar-refractivity contribution is 0.153. The lowest BCUT2D eigenvalue weighted by Gasteiger charge is -2.32. The summed E-state index contributed by atoms with van der Waals surface area (Å²) < 4.78 is 3.73. The first-order valence-corrected chi connectivity index (χ1v) is 9.11. The van der Waals surface area contributed by atoms with Crippen LogP contribution in [0.5, 0.6) is 0 Å². The highest BCUT2D eigenvalue weighted by molar-refractivity contribution is 5.33. The van der Waals surface area contributed by atoms with E-state index in [4.69, 9.17) is 5.11 Å². The van der Waals surface area contributed by atoms with Crippen LogP contribution in [0.15, 0.2) is 48.9 Å². The molecule has 1 fully saturated rings. The van der Waals surface area contributed by atoms with Gasteiger partial charge in [0.2, 0.25) is 0 Å². The Hall–Kier alpha value is -2.51. The summed E-state index contributed by atoms with van der Waals surface area (Å²) in [6, 6.07) is 10.5. The van der Waals surface area contributed by atoms with Crippen LogP contribution in [0.2, 0.25) is 0 Å². The zero-order valence-corrected chi connectivity index (χ0v) is 14.8. The molecule has 2 aromatic heterocycles. The smallest absolute Gasteiger partial charge is 0.108 e. The molecule has 1 aromatic carbocycles. The monoisotopic (exact) mass is 352 g/mol. The molecule has 0 radical (unpaired) electrons. The van der Waals surface area contributed by atoms with Crippen LogP contribution in [-0.2, 0) is 19.7 Å². The van der Waals surface area contributed by atoms with Gasteiger partial charge in [0.05, 0.1) is 18.5 Å². The minimum atomic E-state index is -0.0503. The number of hydrogen-bond acceptors (Lipinski definition) is 5. The summed E-state index contributed by atoms with van der Waals surface area (Å²) in [5, 5.41) is 21.4. The van der Waals surface area contributed by atoms with Gasteiger partial charge in [-0.3, -0.25) is 9.58 Å². The van der Waals surface area contributed by atoms with E-state index in [0.717, 1.165) is 31.9 Å². The van der Waals surface area contributed by atoms with E-state index in [1.807, 2.05) is 27.8 Å². The van der Waals surface area contributed by atoms with E-state index in [2.05, 4.69) is 44.6 Å². The van der Waals surface area contributed by atoms with Crippen molar-refractivity contribution in [2.24, 2.45) is 5.92 Å². The zero-order chi connectivity index (χ0) is 17.8. The predicted molar refractivity (Wildman–Crippen MR) is 97.5 cm³/mol. The Labute approximate surface area is 152 Å². The Kier molecular flexibility index (Phi) is 5.08. The highest BCUT2D eigenvalue weighted by Gasteiger charge is 2.21. The van der Waals surface area contributed by atoms with Gasteiger partial charge in [0.15, 0.2) is 0 Å². The topological polar surface area (TPSA) is 72.0 Å². The SMILES string of the molecule is OCc1cn(C[C@@H]2CCCN(Cc3ccc(-n4cccn4)cc3)C2)nn1. The molecule has 3 heterocycles. The Morgan fingerprint density at radius 3 is 2.81 bits per heavy atom. The Morgan fingerprint density at radius 1 is 1.19 bits per heavy atom. The standard InChI is InChI=1S/C19H24N6O/c26-15-18-14-24(22-21-18)13-17-3-1-9-23(12-17)11-16-4-6-19(7-5-16)25-10-2-8-20-25/h2,4-8,10,14,17,26H,1,3,9,11-13,15H2/t17-/m1/s1. The first kappa shape index (κ1) is 16.9. The summed E-state index contributed by atoms with van der Waals surface area (Å²) in [5.41, 5.74) is 3.04. The number of rotatable bonds is 6. The van der Waals surface area contributed by atoms with Gasteiger partial charge in [0.25, 0.3) is 0 Å². The van der Waals surface area contributed by atoms with Crippen LogP contribution in [0.1, 0.15) is 24.1 Å². The van der Waals surface area contributed by atoms with Crippen LogP contribution in [0.25, 0.3) is 5.69 Å². The molecule has 1 saturated heterocycles. The summed E-state index contributed by atoms with van der Waals surface area (Å²) in [4.78, 5) is 2.51. The van der Waals surface area contributed by atoms with Crippen molar-refractivity contribution in [2.75, 3.05) is 13.1 Å². The molecular formula is C19H24N6O. The molecule has 7 nitrogen and oxygen atoms in total. The first-order valence-electron chi connectivity index (χ1n) is 9.11. The van der Waals surface area contributed by atoms with Crippen LogP contribution >= 0.6 is 0 Å². The molecular weight excluding hydrogens is 328 g/mol. The van der Waals surface area contributed by atoms with Crippen LogP contribution in [0.3, 0.4) is 0 Å². The van der Waals surface area contributed by atoms with Gasteiger partial charge in [-0.2, -0.15) is 5.10 Å². The van der Waals surface area contributed by atoms with Gasteiger partial charge in [0, 0.05) is 32.0 Å². The van der Waals surface area contributed by atoms with Crippen LogP contribution < -0.4 is 0 Å². The third-order valence-corrected chi connectivity index (χ3v) is 4.91. The maximum absolute atomic E-state index is 9.11. The molecule has 3 aromatic rings. The molecule has 1 atom stereocenters. The van der Waals surface area contributed by atoms with Gasteiger partial charge in [-0.15, -0.1) is 5.10 Å². The van der Waals surface area contributed by atoms with Crippen molar-refractivity contribution in [3.8, 4) is 5.69 Å². The lowest BCUT2D eigenvalue weighted by Crippen LogP contribution is -2.36. The quantitative estimate of drug-likeness (QED) is 0.733. The Balaban J connectivity index is 1.34. The van der Waals surface area contributed by atoms with Crippen LogP contribution in [-0.4, -0.2) is 47.9 Å². The minimum Gasteiger partial charge on any atom is -0.390 e. The lowest BCUT2D eigenvalue weighted by atomic mass is 9.97. The van der Waals surface area contributed by atoms with Crippen molar-refractivity contribution in [3.05, 3.63) is 60.2 Å². The fraction of sp³-hybridized carbons (Fsp3) is 0.421. The van der Waals surface area contributed by atoms with Gasteiger partial charge in [-0.1, -0.05) is 17.3 Å². The largest absolute Gasteiger partial charge is 0.390 e. The van der Waals surface area contributed by atoms with Crippen LogP contribution in [0.4, 0.5) is 0 Å². The van der Waals surface area contributed by atoms with Crippen molar-refractivity contribution in [3.63, 3.8) is 0 Å². The van der Waals surface area contributed by atoms with E-state index < -0.39 is 0 Å². The number of piperidine rings is 1. The third kappa shape index (κ3) is 4.00. The number of hydrogen-bond donors (Lipinski definition) is 1. The number of likely N-dealkylation sites (tertiary alicyclic amines) is 1. The summed E-state index contributed by atoms with van der Waals surface area (Å²) in [7, 11) is 0. The van der Waals surface area contributed by atoms with Crippen molar-refractivity contribution in [1.29, 1.82) is 0 Å². The maximum Gasteiger partial charge on any atom is 0.108 e. The Bertz CT molecular complexity index is 811. The van der Waals surface area contributed by atoms with Gasteiger partial charge in [0.1, 0.15) is 5.69 Å². The van der Waals surface area contributed by atoms with Gasteiger partial charge >= 0.3 is 0 Å². The van der Waals surface area contributed by atoms with Gasteiger partial charge < -0.3 is 5.11 Å². The minimum absolute atomic E-state index is 0.0503. The molecule has 0 aliphatic carbocycles. The second-order valence-electron chi connectivity index (χ2n) is 6.95. The zero-order valence-electron chi connectivity index (χ0n) is 14.8. The highest BCUT2D eigenvalue weighted by Crippen LogP contribution is 2.20. The molecule has 0 bridgehead atoms.